The van der Waals surface area contributed by atoms with Crippen LogP contribution >= 0.6 is 11.8 Å². The fraction of sp³-hybridized carbons (Fsp3) is 0.286. The van der Waals surface area contributed by atoms with Gasteiger partial charge >= 0.3 is 5.97 Å². The zero-order valence-electron chi connectivity index (χ0n) is 17.6. The van der Waals surface area contributed by atoms with Gasteiger partial charge in [-0.05, 0) is 24.3 Å². The van der Waals surface area contributed by atoms with Gasteiger partial charge in [-0.3, -0.25) is 9.36 Å². The van der Waals surface area contributed by atoms with E-state index in [-0.39, 0.29) is 16.6 Å². The molecule has 0 atom stereocenters. The third-order valence-corrected chi connectivity index (χ3v) is 7.58. The molecule has 1 aromatic heterocycles. The Kier molecular flexibility index (Phi) is 7.47. The fourth-order valence-electron chi connectivity index (χ4n) is 3.05. The van der Waals surface area contributed by atoms with Gasteiger partial charge in [0.2, 0.25) is 10.0 Å². The first-order chi connectivity index (χ1) is 14.9. The van der Waals surface area contributed by atoms with Gasteiger partial charge in [-0.25, -0.2) is 8.42 Å². The van der Waals surface area contributed by atoms with Crippen molar-refractivity contribution in [1.29, 1.82) is 0 Å². The Morgan fingerprint density at radius 3 is 2.42 bits per heavy atom. The number of carbonyl (C=O) groups excluding carboxylic acids is 1. The summed E-state index contributed by atoms with van der Waals surface area (Å²) in [4.78, 5) is 11.8. The van der Waals surface area contributed by atoms with Gasteiger partial charge in [-0.15, -0.1) is 10.2 Å². The number of para-hydroxylation sites is 1. The number of rotatable bonds is 9. The van der Waals surface area contributed by atoms with Gasteiger partial charge in [0.05, 0.1) is 17.8 Å². The van der Waals surface area contributed by atoms with Crippen molar-refractivity contribution in [2.45, 2.75) is 23.9 Å². The summed E-state index contributed by atoms with van der Waals surface area (Å²) < 4.78 is 33.9. The monoisotopic (exact) mass is 460 g/mol. The molecule has 10 heteroatoms. The molecule has 0 saturated heterocycles. The minimum absolute atomic E-state index is 0.0812. The molecule has 164 valence electrons. The normalized spacial score (nSPS) is 11.6. The van der Waals surface area contributed by atoms with E-state index < -0.39 is 10.0 Å². The van der Waals surface area contributed by atoms with E-state index in [1.165, 1.54) is 23.2 Å². The summed E-state index contributed by atoms with van der Waals surface area (Å²) in [5, 5.41) is 9.05. The Bertz CT molecular complexity index is 1140. The maximum atomic E-state index is 13.0. The molecule has 8 nitrogen and oxygen atoms in total. The van der Waals surface area contributed by atoms with Gasteiger partial charge in [0.1, 0.15) is 0 Å². The van der Waals surface area contributed by atoms with Crippen LogP contribution in [0.3, 0.4) is 0 Å². The van der Waals surface area contributed by atoms with Gasteiger partial charge in [0, 0.05) is 24.3 Å². The number of thioether (sulfide) groups is 1. The van der Waals surface area contributed by atoms with E-state index in [0.717, 1.165) is 5.69 Å². The van der Waals surface area contributed by atoms with Gasteiger partial charge in [-0.2, -0.15) is 4.31 Å². The van der Waals surface area contributed by atoms with Crippen molar-refractivity contribution < 1.29 is 17.9 Å². The van der Waals surface area contributed by atoms with Crippen LogP contribution in [-0.2, 0) is 19.6 Å². The highest BCUT2D eigenvalue weighted by molar-refractivity contribution is 7.99. The van der Waals surface area contributed by atoms with E-state index in [0.29, 0.717) is 29.6 Å². The van der Waals surface area contributed by atoms with Crippen molar-refractivity contribution >= 4 is 27.8 Å². The first-order valence-corrected chi connectivity index (χ1v) is 12.2. The minimum atomic E-state index is -3.62. The molecule has 0 radical (unpaired) electrons. The second kappa shape index (κ2) is 10.1. The molecular weight excluding hydrogens is 436 g/mol. The number of benzene rings is 2. The maximum absolute atomic E-state index is 13.0. The molecule has 0 bridgehead atoms. The Morgan fingerprint density at radius 1 is 1.06 bits per heavy atom. The smallest absolute Gasteiger partial charge is 0.316 e. The Balaban J connectivity index is 2.09. The van der Waals surface area contributed by atoms with Gasteiger partial charge in [0.25, 0.3) is 0 Å². The lowest BCUT2D eigenvalue weighted by molar-refractivity contribution is -0.137. The highest BCUT2D eigenvalue weighted by Gasteiger charge is 2.23. The molecule has 0 aliphatic carbocycles. The molecule has 1 heterocycles. The molecule has 0 N–H and O–H groups in total. The summed E-state index contributed by atoms with van der Waals surface area (Å²) in [5.74, 6) is 0.189. The predicted octanol–water partition coefficient (Wildman–Crippen LogP) is 3.23. The van der Waals surface area contributed by atoms with Crippen LogP contribution in [0.15, 0.2) is 64.6 Å². The van der Waals surface area contributed by atoms with Gasteiger partial charge in [-0.1, -0.05) is 55.9 Å². The number of methoxy groups -OCH3 is 1. The third kappa shape index (κ3) is 4.97. The SMILES string of the molecule is CCN(CC)S(=O)(=O)c1cccc(-c2nnc(SCC(=O)OC)n2-c2ccccc2)c1. The summed E-state index contributed by atoms with van der Waals surface area (Å²) in [5.41, 5.74) is 1.40. The van der Waals surface area contributed by atoms with Crippen LogP contribution in [0.5, 0.6) is 0 Å². The summed E-state index contributed by atoms with van der Waals surface area (Å²) in [6.45, 7) is 4.39. The lowest BCUT2D eigenvalue weighted by Gasteiger charge is -2.18. The average Bonchev–Trinajstić information content (AvgIpc) is 3.22. The Labute approximate surface area is 186 Å². The summed E-state index contributed by atoms with van der Waals surface area (Å²) in [6, 6.07) is 16.1. The first kappa shape index (κ1) is 23.0. The fourth-order valence-corrected chi connectivity index (χ4v) is 5.34. The Hall–Kier alpha value is -2.69. The third-order valence-electron chi connectivity index (χ3n) is 4.63. The molecule has 3 aromatic rings. The van der Waals surface area contributed by atoms with Crippen LogP contribution in [0.1, 0.15) is 13.8 Å². The number of aromatic nitrogens is 3. The lowest BCUT2D eigenvalue weighted by atomic mass is 10.2. The highest BCUT2D eigenvalue weighted by Crippen LogP contribution is 2.29. The lowest BCUT2D eigenvalue weighted by Crippen LogP contribution is -2.30. The van der Waals surface area contributed by atoms with Crippen LogP contribution in [0.4, 0.5) is 0 Å². The predicted molar refractivity (Wildman–Crippen MR) is 120 cm³/mol. The van der Waals surface area contributed by atoms with E-state index in [1.54, 1.807) is 28.8 Å². The number of esters is 1. The van der Waals surface area contributed by atoms with E-state index in [9.17, 15) is 13.2 Å². The van der Waals surface area contributed by atoms with E-state index in [4.69, 9.17) is 4.74 Å². The zero-order chi connectivity index (χ0) is 22.4. The number of nitrogens with zero attached hydrogens (tertiary/aromatic N) is 4. The molecule has 2 aromatic carbocycles. The zero-order valence-corrected chi connectivity index (χ0v) is 19.2. The van der Waals surface area contributed by atoms with Gasteiger partial charge < -0.3 is 4.74 Å². The summed E-state index contributed by atoms with van der Waals surface area (Å²) >= 11 is 1.20. The average molecular weight is 461 g/mol. The molecule has 0 aliphatic rings. The van der Waals surface area contributed by atoms with E-state index in [2.05, 4.69) is 10.2 Å². The molecule has 3 rings (SSSR count). The van der Waals surface area contributed by atoms with Crippen molar-refractivity contribution in [3.05, 3.63) is 54.6 Å². The van der Waals surface area contributed by atoms with Crippen molar-refractivity contribution in [2.75, 3.05) is 26.0 Å². The van der Waals surface area contributed by atoms with Crippen molar-refractivity contribution in [3.63, 3.8) is 0 Å². The first-order valence-electron chi connectivity index (χ1n) is 9.73. The molecule has 0 fully saturated rings. The van der Waals surface area contributed by atoms with Gasteiger partial charge in [0.15, 0.2) is 11.0 Å². The van der Waals surface area contributed by atoms with E-state index in [1.807, 2.05) is 44.2 Å². The highest BCUT2D eigenvalue weighted by atomic mass is 32.2. The quantitative estimate of drug-likeness (QED) is 0.357. The van der Waals surface area contributed by atoms with Crippen LogP contribution in [-0.4, -0.2) is 59.4 Å². The van der Waals surface area contributed by atoms with Crippen LogP contribution in [0.25, 0.3) is 17.1 Å². The molecule has 0 unspecified atom stereocenters. The molecule has 0 saturated carbocycles. The van der Waals surface area contributed by atoms with Crippen LogP contribution in [0, 0.1) is 0 Å². The van der Waals surface area contributed by atoms with Crippen LogP contribution < -0.4 is 0 Å². The largest absolute Gasteiger partial charge is 0.468 e. The second-order valence-electron chi connectivity index (χ2n) is 6.46. The number of hydrogen-bond donors (Lipinski definition) is 0. The number of ether oxygens (including phenoxy) is 1. The number of hydrogen-bond acceptors (Lipinski definition) is 7. The number of carbonyl (C=O) groups is 1. The topological polar surface area (TPSA) is 94.4 Å². The molecular formula is C21H24N4O4S2. The summed E-state index contributed by atoms with van der Waals surface area (Å²) in [7, 11) is -2.29. The maximum Gasteiger partial charge on any atom is 0.316 e. The minimum Gasteiger partial charge on any atom is -0.468 e. The molecule has 31 heavy (non-hydrogen) atoms. The standard InChI is InChI=1S/C21H24N4O4S2/c1-4-24(5-2)31(27,28)18-13-9-10-16(14-18)20-22-23-21(30-15-19(26)29-3)25(20)17-11-7-6-8-12-17/h6-14H,4-5,15H2,1-3H3. The Morgan fingerprint density at radius 2 is 1.77 bits per heavy atom. The van der Waals surface area contributed by atoms with Crippen LogP contribution in [0.2, 0.25) is 0 Å². The molecule has 0 amide bonds. The van der Waals surface area contributed by atoms with E-state index >= 15 is 0 Å². The second-order valence-corrected chi connectivity index (χ2v) is 9.34. The van der Waals surface area contributed by atoms with Crippen molar-refractivity contribution in [1.82, 2.24) is 19.1 Å². The van der Waals surface area contributed by atoms with Crippen molar-refractivity contribution in [2.24, 2.45) is 0 Å². The molecule has 0 spiro atoms. The van der Waals surface area contributed by atoms with Crippen molar-refractivity contribution in [3.8, 4) is 17.1 Å². The summed E-state index contributed by atoms with van der Waals surface area (Å²) in [6.07, 6.45) is 0. The molecule has 0 aliphatic heterocycles. The number of sulfonamides is 1.